The highest BCUT2D eigenvalue weighted by Gasteiger charge is 2.13. The van der Waals surface area contributed by atoms with E-state index in [1.807, 2.05) is 0 Å². The van der Waals surface area contributed by atoms with Gasteiger partial charge in [0.1, 0.15) is 0 Å². The number of amides is 2. The molecular formula is C13H10BrClN2O2S. The second kappa shape index (κ2) is 6.39. The second-order valence-electron chi connectivity index (χ2n) is 3.83. The normalized spacial score (nSPS) is 10.2. The van der Waals surface area contributed by atoms with Crippen LogP contribution in [-0.2, 0) is 0 Å². The average Bonchev–Trinajstić information content (AvgIpc) is 2.87. The number of nitrogens with one attached hydrogen (secondary N) is 2. The van der Waals surface area contributed by atoms with E-state index in [-0.39, 0.29) is 11.8 Å². The summed E-state index contributed by atoms with van der Waals surface area (Å²) in [4.78, 5) is 24.2. The molecule has 4 nitrogen and oxygen atoms in total. The molecule has 0 aliphatic carbocycles. The minimum atomic E-state index is -0.267. The van der Waals surface area contributed by atoms with Crippen LogP contribution in [0, 0.1) is 0 Å². The number of hydrogen-bond donors (Lipinski definition) is 2. The van der Waals surface area contributed by atoms with Crippen molar-refractivity contribution in [3.05, 3.63) is 49.6 Å². The zero-order valence-corrected chi connectivity index (χ0v) is 13.5. The third-order valence-corrected chi connectivity index (χ3v) is 4.45. The smallest absolute Gasteiger partial charge is 0.265 e. The first kappa shape index (κ1) is 15.0. The van der Waals surface area contributed by atoms with E-state index >= 15 is 0 Å². The van der Waals surface area contributed by atoms with Crippen molar-refractivity contribution in [3.63, 3.8) is 0 Å². The fourth-order valence-corrected chi connectivity index (χ4v) is 2.97. The largest absolute Gasteiger partial charge is 0.355 e. The summed E-state index contributed by atoms with van der Waals surface area (Å²) in [5.74, 6) is -0.507. The Bertz CT molecular complexity index is 672. The van der Waals surface area contributed by atoms with Gasteiger partial charge in [-0.05, 0) is 46.3 Å². The summed E-state index contributed by atoms with van der Waals surface area (Å²) in [6.07, 6.45) is 0. The van der Waals surface area contributed by atoms with E-state index in [9.17, 15) is 9.59 Å². The first-order valence-corrected chi connectivity index (χ1v) is 7.58. The number of benzene rings is 1. The summed E-state index contributed by atoms with van der Waals surface area (Å²) in [5.41, 5.74) is 0.835. The molecule has 0 saturated heterocycles. The molecule has 0 unspecified atom stereocenters. The van der Waals surface area contributed by atoms with Crippen LogP contribution in [0.5, 0.6) is 0 Å². The molecule has 2 aromatic rings. The average molecular weight is 374 g/mol. The van der Waals surface area contributed by atoms with Crippen molar-refractivity contribution in [2.24, 2.45) is 0 Å². The molecule has 1 aromatic heterocycles. The van der Waals surface area contributed by atoms with E-state index in [0.717, 1.165) is 3.79 Å². The molecule has 1 heterocycles. The number of halogens is 2. The van der Waals surface area contributed by atoms with Gasteiger partial charge in [0.2, 0.25) is 0 Å². The van der Waals surface area contributed by atoms with Gasteiger partial charge in [0, 0.05) is 12.6 Å². The monoisotopic (exact) mass is 372 g/mol. The Kier molecular flexibility index (Phi) is 4.80. The van der Waals surface area contributed by atoms with Gasteiger partial charge < -0.3 is 10.6 Å². The SMILES string of the molecule is CNC(=O)c1ccc(Cl)c(NC(=O)c2ccc(Br)s2)c1. The molecule has 0 radical (unpaired) electrons. The third kappa shape index (κ3) is 3.39. The Morgan fingerprint density at radius 3 is 2.55 bits per heavy atom. The van der Waals surface area contributed by atoms with Crippen LogP contribution in [0.25, 0.3) is 0 Å². The minimum absolute atomic E-state index is 0.240. The third-order valence-electron chi connectivity index (χ3n) is 2.50. The molecule has 0 aliphatic heterocycles. The highest BCUT2D eigenvalue weighted by Crippen LogP contribution is 2.26. The van der Waals surface area contributed by atoms with Crippen LogP contribution in [0.1, 0.15) is 20.0 Å². The van der Waals surface area contributed by atoms with Gasteiger partial charge in [0.15, 0.2) is 0 Å². The molecule has 0 bridgehead atoms. The van der Waals surface area contributed by atoms with Gasteiger partial charge in [-0.1, -0.05) is 11.6 Å². The molecular weight excluding hydrogens is 364 g/mol. The number of hydrogen-bond acceptors (Lipinski definition) is 3. The fourth-order valence-electron chi connectivity index (χ4n) is 1.53. The zero-order valence-electron chi connectivity index (χ0n) is 10.4. The summed E-state index contributed by atoms with van der Waals surface area (Å²) in [5, 5.41) is 5.59. The van der Waals surface area contributed by atoms with Crippen LogP contribution in [0.2, 0.25) is 5.02 Å². The molecule has 1 aromatic carbocycles. The maximum atomic E-state index is 12.0. The lowest BCUT2D eigenvalue weighted by Crippen LogP contribution is -2.18. The summed E-state index contributed by atoms with van der Waals surface area (Å²) in [6.45, 7) is 0. The Morgan fingerprint density at radius 2 is 1.95 bits per heavy atom. The van der Waals surface area contributed by atoms with Crippen molar-refractivity contribution in [1.29, 1.82) is 0 Å². The molecule has 0 spiro atoms. The Morgan fingerprint density at radius 1 is 1.20 bits per heavy atom. The predicted molar refractivity (Wildman–Crippen MR) is 84.8 cm³/mol. The van der Waals surface area contributed by atoms with Crippen LogP contribution in [-0.4, -0.2) is 18.9 Å². The van der Waals surface area contributed by atoms with E-state index in [1.165, 1.54) is 11.3 Å². The molecule has 0 fully saturated rings. The fraction of sp³-hybridized carbons (Fsp3) is 0.0769. The van der Waals surface area contributed by atoms with E-state index in [0.29, 0.717) is 21.2 Å². The van der Waals surface area contributed by atoms with Crippen molar-refractivity contribution in [2.45, 2.75) is 0 Å². The molecule has 7 heteroatoms. The lowest BCUT2D eigenvalue weighted by atomic mass is 10.2. The lowest BCUT2D eigenvalue weighted by Gasteiger charge is -2.08. The number of thiophene rings is 1. The molecule has 2 rings (SSSR count). The van der Waals surface area contributed by atoms with E-state index in [2.05, 4.69) is 26.6 Å². The summed E-state index contributed by atoms with van der Waals surface area (Å²) >= 11 is 10.6. The second-order valence-corrected chi connectivity index (χ2v) is 6.70. The number of carbonyl (C=O) groups excluding carboxylic acids is 2. The van der Waals surface area contributed by atoms with Crippen molar-refractivity contribution < 1.29 is 9.59 Å². The zero-order chi connectivity index (χ0) is 14.7. The lowest BCUT2D eigenvalue weighted by molar-refractivity contribution is 0.0961. The van der Waals surface area contributed by atoms with Gasteiger partial charge in [0.05, 0.1) is 19.4 Å². The Labute approximate surface area is 133 Å². The van der Waals surface area contributed by atoms with Gasteiger partial charge in [0.25, 0.3) is 11.8 Å². The quantitative estimate of drug-likeness (QED) is 0.860. The van der Waals surface area contributed by atoms with Gasteiger partial charge in [-0.2, -0.15) is 0 Å². The van der Waals surface area contributed by atoms with Crippen LogP contribution in [0.15, 0.2) is 34.1 Å². The van der Waals surface area contributed by atoms with Gasteiger partial charge in [-0.25, -0.2) is 0 Å². The molecule has 0 aliphatic rings. The molecule has 0 saturated carbocycles. The molecule has 2 amide bonds. The number of carbonyl (C=O) groups is 2. The van der Waals surface area contributed by atoms with Crippen LogP contribution in [0.4, 0.5) is 5.69 Å². The van der Waals surface area contributed by atoms with E-state index in [1.54, 1.807) is 37.4 Å². The van der Waals surface area contributed by atoms with Crippen LogP contribution in [0.3, 0.4) is 0 Å². The van der Waals surface area contributed by atoms with Crippen molar-refractivity contribution in [1.82, 2.24) is 5.32 Å². The van der Waals surface area contributed by atoms with Crippen LogP contribution < -0.4 is 10.6 Å². The van der Waals surface area contributed by atoms with E-state index in [4.69, 9.17) is 11.6 Å². The van der Waals surface area contributed by atoms with Crippen molar-refractivity contribution in [3.8, 4) is 0 Å². The first-order valence-electron chi connectivity index (χ1n) is 5.59. The summed E-state index contributed by atoms with van der Waals surface area (Å²) < 4.78 is 0.868. The van der Waals surface area contributed by atoms with Crippen LogP contribution >= 0.6 is 38.9 Å². The highest BCUT2D eigenvalue weighted by molar-refractivity contribution is 9.11. The van der Waals surface area contributed by atoms with Gasteiger partial charge in [-0.15, -0.1) is 11.3 Å². The predicted octanol–water partition coefficient (Wildman–Crippen LogP) is 3.78. The Hall–Kier alpha value is -1.37. The molecule has 0 atom stereocenters. The summed E-state index contributed by atoms with van der Waals surface area (Å²) in [7, 11) is 1.54. The topological polar surface area (TPSA) is 58.2 Å². The number of rotatable bonds is 3. The van der Waals surface area contributed by atoms with E-state index < -0.39 is 0 Å². The molecule has 20 heavy (non-hydrogen) atoms. The van der Waals surface area contributed by atoms with Crippen molar-refractivity contribution >= 4 is 56.4 Å². The standard InChI is InChI=1S/C13H10BrClN2O2S/c1-16-12(18)7-2-3-8(15)9(6-7)17-13(19)10-4-5-11(14)20-10/h2-6H,1H3,(H,16,18)(H,17,19). The number of anilines is 1. The summed E-state index contributed by atoms with van der Waals surface area (Å²) in [6, 6.07) is 8.22. The van der Waals surface area contributed by atoms with Gasteiger partial charge in [-0.3, -0.25) is 9.59 Å². The maximum absolute atomic E-state index is 12.0. The van der Waals surface area contributed by atoms with Crippen molar-refractivity contribution in [2.75, 3.05) is 12.4 Å². The maximum Gasteiger partial charge on any atom is 0.265 e. The minimum Gasteiger partial charge on any atom is -0.355 e. The molecule has 104 valence electrons. The first-order chi connectivity index (χ1) is 9.51. The Balaban J connectivity index is 2.24. The van der Waals surface area contributed by atoms with Gasteiger partial charge >= 0.3 is 0 Å². The highest BCUT2D eigenvalue weighted by atomic mass is 79.9. The molecule has 2 N–H and O–H groups in total.